The van der Waals surface area contributed by atoms with Crippen LogP contribution in [0.25, 0.3) is 0 Å². The van der Waals surface area contributed by atoms with Gasteiger partial charge in [0.2, 0.25) is 0 Å². The lowest BCUT2D eigenvalue weighted by Gasteiger charge is -2.61. The topological polar surface area (TPSA) is 52.5 Å². The SMILES string of the molecule is CN[C@@H]1C[C@@H]2CC[C@@H]3[C@H](CC[C@]4(C)[C@@H](O)CC[C@@H]34)[C@@]2(C)C[C@@H]1O. The van der Waals surface area contributed by atoms with Crippen molar-refractivity contribution in [1.29, 1.82) is 0 Å². The van der Waals surface area contributed by atoms with Gasteiger partial charge in [0.15, 0.2) is 0 Å². The third-order valence-electron chi connectivity index (χ3n) is 9.04. The van der Waals surface area contributed by atoms with E-state index in [9.17, 15) is 10.2 Å². The molecule has 0 radical (unpaired) electrons. The lowest BCUT2D eigenvalue weighted by Crippen LogP contribution is -2.58. The van der Waals surface area contributed by atoms with Gasteiger partial charge in [-0.2, -0.15) is 0 Å². The molecule has 132 valence electrons. The summed E-state index contributed by atoms with van der Waals surface area (Å²) in [5.41, 5.74) is 0.482. The van der Waals surface area contributed by atoms with E-state index in [1.165, 1.54) is 32.1 Å². The van der Waals surface area contributed by atoms with E-state index in [0.29, 0.717) is 11.3 Å². The molecule has 9 atom stereocenters. The first-order valence-electron chi connectivity index (χ1n) is 9.93. The van der Waals surface area contributed by atoms with Crippen molar-refractivity contribution in [3.05, 3.63) is 0 Å². The lowest BCUT2D eigenvalue weighted by atomic mass is 9.44. The van der Waals surface area contributed by atoms with Gasteiger partial charge in [0.25, 0.3) is 0 Å². The van der Waals surface area contributed by atoms with Crippen molar-refractivity contribution < 1.29 is 10.2 Å². The molecule has 0 unspecified atom stereocenters. The van der Waals surface area contributed by atoms with Crippen molar-refractivity contribution in [1.82, 2.24) is 5.32 Å². The molecule has 4 fully saturated rings. The van der Waals surface area contributed by atoms with Crippen LogP contribution in [-0.4, -0.2) is 35.5 Å². The van der Waals surface area contributed by atoms with Gasteiger partial charge >= 0.3 is 0 Å². The zero-order chi connectivity index (χ0) is 16.4. The minimum atomic E-state index is -0.192. The van der Waals surface area contributed by atoms with E-state index >= 15 is 0 Å². The number of likely N-dealkylation sites (N-methyl/N-ethyl adjacent to an activating group) is 1. The molecule has 3 N–H and O–H groups in total. The maximum Gasteiger partial charge on any atom is 0.0698 e. The second-order valence-corrected chi connectivity index (χ2v) is 9.70. The van der Waals surface area contributed by atoms with Crippen LogP contribution in [0.3, 0.4) is 0 Å². The number of nitrogens with one attached hydrogen (secondary N) is 1. The predicted octanol–water partition coefficient (Wildman–Crippen LogP) is 2.95. The number of hydrogen-bond acceptors (Lipinski definition) is 3. The molecule has 0 bridgehead atoms. The maximum atomic E-state index is 10.6. The summed E-state index contributed by atoms with van der Waals surface area (Å²) in [7, 11) is 1.99. The highest BCUT2D eigenvalue weighted by molar-refractivity contribution is 5.10. The standard InChI is InChI=1S/C20H35NO2/c1-19-9-8-15-13(14(19)6-7-18(19)23)5-4-12-10-16(21-3)17(22)11-20(12,15)2/h12-18,21-23H,4-11H2,1-3H3/t12-,13-,14-,15-,16+,17-,18-,19-,20-/m0/s1. The average molecular weight is 322 g/mol. The normalized spacial score (nSPS) is 59.1. The summed E-state index contributed by atoms with van der Waals surface area (Å²) >= 11 is 0. The maximum absolute atomic E-state index is 10.6. The Morgan fingerprint density at radius 2 is 1.65 bits per heavy atom. The second-order valence-electron chi connectivity index (χ2n) is 9.70. The molecular weight excluding hydrogens is 286 g/mol. The highest BCUT2D eigenvalue weighted by Gasteiger charge is 2.60. The Balaban J connectivity index is 1.61. The first-order valence-corrected chi connectivity index (χ1v) is 9.93. The molecule has 3 heteroatoms. The molecular formula is C20H35NO2. The van der Waals surface area contributed by atoms with E-state index < -0.39 is 0 Å². The number of aliphatic hydroxyl groups excluding tert-OH is 2. The fourth-order valence-corrected chi connectivity index (χ4v) is 7.58. The molecule has 23 heavy (non-hydrogen) atoms. The van der Waals surface area contributed by atoms with Gasteiger partial charge < -0.3 is 15.5 Å². The largest absolute Gasteiger partial charge is 0.393 e. The molecule has 0 heterocycles. The van der Waals surface area contributed by atoms with Crippen molar-refractivity contribution in [3.8, 4) is 0 Å². The molecule has 0 aromatic heterocycles. The fourth-order valence-electron chi connectivity index (χ4n) is 7.58. The minimum absolute atomic E-state index is 0.0791. The van der Waals surface area contributed by atoms with Crippen molar-refractivity contribution in [3.63, 3.8) is 0 Å². The van der Waals surface area contributed by atoms with E-state index in [1.54, 1.807) is 0 Å². The highest BCUT2D eigenvalue weighted by atomic mass is 16.3. The molecule has 0 aromatic rings. The van der Waals surface area contributed by atoms with Crippen LogP contribution >= 0.6 is 0 Å². The summed E-state index contributed by atoms with van der Waals surface area (Å²) in [4.78, 5) is 0. The van der Waals surface area contributed by atoms with Gasteiger partial charge in [0.1, 0.15) is 0 Å². The summed E-state index contributed by atoms with van der Waals surface area (Å²) in [6.07, 6.45) is 9.20. The summed E-state index contributed by atoms with van der Waals surface area (Å²) in [6.45, 7) is 4.84. The summed E-state index contributed by atoms with van der Waals surface area (Å²) in [6, 6.07) is 0.284. The van der Waals surface area contributed by atoms with Crippen LogP contribution in [-0.2, 0) is 0 Å². The van der Waals surface area contributed by atoms with E-state index in [1.807, 2.05) is 7.05 Å². The van der Waals surface area contributed by atoms with Crippen LogP contribution in [0.15, 0.2) is 0 Å². The minimum Gasteiger partial charge on any atom is -0.393 e. The third kappa shape index (κ3) is 2.19. The molecule has 0 spiro atoms. The Morgan fingerprint density at radius 3 is 2.39 bits per heavy atom. The fraction of sp³-hybridized carbons (Fsp3) is 1.00. The average Bonchev–Trinajstić information content (AvgIpc) is 2.82. The van der Waals surface area contributed by atoms with E-state index in [4.69, 9.17) is 0 Å². The van der Waals surface area contributed by atoms with Gasteiger partial charge in [-0.3, -0.25) is 0 Å². The zero-order valence-corrected chi connectivity index (χ0v) is 15.1. The Kier molecular flexibility index (Phi) is 3.87. The molecule has 0 aliphatic heterocycles. The number of aliphatic hydroxyl groups is 2. The number of fused-ring (bicyclic) bond motifs is 5. The number of rotatable bonds is 1. The first kappa shape index (κ1) is 16.4. The van der Waals surface area contributed by atoms with Gasteiger partial charge in [-0.05, 0) is 92.9 Å². The van der Waals surface area contributed by atoms with Crippen LogP contribution in [0, 0.1) is 34.5 Å². The lowest BCUT2D eigenvalue weighted by molar-refractivity contribution is -0.143. The Morgan fingerprint density at radius 1 is 0.913 bits per heavy atom. The van der Waals surface area contributed by atoms with Gasteiger partial charge in [0, 0.05) is 6.04 Å². The summed E-state index contributed by atoms with van der Waals surface area (Å²) < 4.78 is 0. The molecule has 4 aliphatic carbocycles. The zero-order valence-electron chi connectivity index (χ0n) is 15.1. The van der Waals surface area contributed by atoms with Gasteiger partial charge in [0.05, 0.1) is 12.2 Å². The Hall–Kier alpha value is -0.120. The molecule has 4 saturated carbocycles. The van der Waals surface area contributed by atoms with E-state index in [-0.39, 0.29) is 23.7 Å². The quantitative estimate of drug-likeness (QED) is 0.696. The van der Waals surface area contributed by atoms with Crippen LogP contribution in [0.5, 0.6) is 0 Å². The summed E-state index contributed by atoms with van der Waals surface area (Å²) in [5.74, 6) is 3.02. The van der Waals surface area contributed by atoms with Crippen molar-refractivity contribution in [2.45, 2.75) is 83.5 Å². The highest BCUT2D eigenvalue weighted by Crippen LogP contribution is 2.66. The first-order chi connectivity index (χ1) is 10.9. The molecule has 0 aromatic carbocycles. The van der Waals surface area contributed by atoms with Crippen LogP contribution in [0.1, 0.15) is 65.2 Å². The predicted molar refractivity (Wildman–Crippen MR) is 92.0 cm³/mol. The van der Waals surface area contributed by atoms with Crippen molar-refractivity contribution in [2.75, 3.05) is 7.05 Å². The smallest absolute Gasteiger partial charge is 0.0698 e. The number of hydrogen-bond donors (Lipinski definition) is 3. The monoisotopic (exact) mass is 321 g/mol. The van der Waals surface area contributed by atoms with E-state index in [0.717, 1.165) is 37.0 Å². The third-order valence-corrected chi connectivity index (χ3v) is 9.04. The Bertz CT molecular complexity index is 469. The van der Waals surface area contributed by atoms with Gasteiger partial charge in [-0.1, -0.05) is 13.8 Å². The van der Waals surface area contributed by atoms with Crippen LogP contribution < -0.4 is 5.32 Å². The second kappa shape index (κ2) is 5.44. The van der Waals surface area contributed by atoms with Crippen LogP contribution in [0.4, 0.5) is 0 Å². The Labute approximate surface area is 141 Å². The van der Waals surface area contributed by atoms with Crippen LogP contribution in [0.2, 0.25) is 0 Å². The van der Waals surface area contributed by atoms with Gasteiger partial charge in [-0.15, -0.1) is 0 Å². The van der Waals surface area contributed by atoms with Crippen molar-refractivity contribution >= 4 is 0 Å². The summed E-state index contributed by atoms with van der Waals surface area (Å²) in [5, 5.41) is 24.5. The molecule has 0 saturated heterocycles. The van der Waals surface area contributed by atoms with Gasteiger partial charge in [-0.25, -0.2) is 0 Å². The molecule has 4 aliphatic rings. The molecule has 4 rings (SSSR count). The van der Waals surface area contributed by atoms with E-state index in [2.05, 4.69) is 19.2 Å². The molecule has 0 amide bonds. The van der Waals surface area contributed by atoms with Crippen molar-refractivity contribution in [2.24, 2.45) is 34.5 Å². The molecule has 3 nitrogen and oxygen atoms in total.